The van der Waals surface area contributed by atoms with Gasteiger partial charge in [-0.05, 0) is 6.08 Å². The van der Waals surface area contributed by atoms with Crippen LogP contribution in [-0.4, -0.2) is 11.9 Å². The second-order valence-electron chi connectivity index (χ2n) is 14.0. The third-order valence-electron chi connectivity index (χ3n) is 10.1. The van der Waals surface area contributed by atoms with Gasteiger partial charge < -0.3 is 0 Å². The summed E-state index contributed by atoms with van der Waals surface area (Å²) in [5.41, 5.74) is -12.3. The van der Waals surface area contributed by atoms with E-state index in [0.717, 1.165) is 11.1 Å². The average Bonchev–Trinajstić information content (AvgIpc) is 3.32. The molecule has 0 aliphatic rings. The van der Waals surface area contributed by atoms with Crippen molar-refractivity contribution in [3.05, 3.63) is 200 Å². The van der Waals surface area contributed by atoms with Crippen molar-refractivity contribution in [2.24, 2.45) is 0 Å². The van der Waals surface area contributed by atoms with Gasteiger partial charge in [0.2, 0.25) is 0 Å². The van der Waals surface area contributed by atoms with Crippen LogP contribution in [0.25, 0.3) is 0 Å². The second-order valence-corrected chi connectivity index (χ2v) is 16.9. The topological polar surface area (TPSA) is 64.7 Å². The van der Waals surface area contributed by atoms with Crippen LogP contribution >= 0.6 is 0 Å². The van der Waals surface area contributed by atoms with E-state index < -0.39 is 154 Å². The summed E-state index contributed by atoms with van der Waals surface area (Å²) in [5, 5.41) is 17.7. The van der Waals surface area contributed by atoms with Gasteiger partial charge in [0, 0.05) is 11.1 Å². The van der Waals surface area contributed by atoms with Crippen LogP contribution in [0, 0.1) is 139 Å². The molecule has 6 rings (SSSR count). The van der Waals surface area contributed by atoms with Gasteiger partial charge in [-0.25, -0.2) is 87.8 Å². The van der Waals surface area contributed by atoms with Crippen LogP contribution in [0.4, 0.5) is 87.8 Å². The fourth-order valence-electron chi connectivity index (χ4n) is 7.15. The van der Waals surface area contributed by atoms with Gasteiger partial charge in [-0.15, -0.1) is 26.1 Å². The summed E-state index contributed by atoms with van der Waals surface area (Å²) in [6, 6.07) is 23.0. The van der Waals surface area contributed by atoms with Gasteiger partial charge in [0.1, 0.15) is 87.7 Å². The zero-order valence-corrected chi connectivity index (χ0v) is 33.6. The highest BCUT2D eigenvalue weighted by molar-refractivity contribution is 8.01. The van der Waals surface area contributed by atoms with Crippen molar-refractivity contribution in [3.63, 3.8) is 0 Å². The van der Waals surface area contributed by atoms with Crippen molar-refractivity contribution in [3.8, 4) is 12.1 Å². The van der Waals surface area contributed by atoms with Crippen molar-refractivity contribution in [1.82, 2.24) is 0 Å². The van der Waals surface area contributed by atoms with Gasteiger partial charge in [0.05, 0.1) is 9.93 Å². The van der Waals surface area contributed by atoms with E-state index in [0.29, 0.717) is 11.5 Å². The van der Waals surface area contributed by atoms with E-state index in [1.54, 1.807) is 0 Å². The Hall–Kier alpha value is -7.15. The Morgan fingerprint density at radius 2 is 0.588 bits per heavy atom. The summed E-state index contributed by atoms with van der Waals surface area (Å²) in [6.07, 6.45) is -5.72. The fourth-order valence-corrected chi connectivity index (χ4v) is 9.56. The molecule has 0 fully saturated rings. The summed E-state index contributed by atoms with van der Waals surface area (Å²) >= 11 is 0. The van der Waals surface area contributed by atoms with Crippen molar-refractivity contribution in [2.75, 3.05) is 5.75 Å². The van der Waals surface area contributed by atoms with Gasteiger partial charge in [-0.2, -0.15) is 10.5 Å². The van der Waals surface area contributed by atoms with E-state index in [-0.39, 0.29) is 11.3 Å². The smallest absolute Gasteiger partial charge is 0.200 e. The van der Waals surface area contributed by atoms with Crippen LogP contribution in [-0.2, 0) is 25.6 Å². The molecule has 6 aromatic carbocycles. The van der Waals surface area contributed by atoms with E-state index in [1.165, 1.54) is 6.08 Å². The first-order valence-electron chi connectivity index (χ1n) is 18.1. The molecule has 0 bridgehead atoms. The predicted molar refractivity (Wildman–Crippen MR) is 202 cm³/mol. The normalized spacial score (nSPS) is 11.4. The van der Waals surface area contributed by atoms with E-state index in [9.17, 15) is 56.9 Å². The van der Waals surface area contributed by atoms with Crippen LogP contribution in [0.2, 0.25) is 0 Å². The molecule has 0 spiro atoms. The highest BCUT2D eigenvalue weighted by Crippen LogP contribution is 2.31. The Balaban J connectivity index is 0.000000314. The molecule has 6 aromatic rings. The van der Waals surface area contributed by atoms with Crippen LogP contribution in [0.3, 0.4) is 0 Å². The second kappa shape index (κ2) is 20.0. The summed E-state index contributed by atoms with van der Waals surface area (Å²) in [7, 11) is -2.29. The van der Waals surface area contributed by atoms with E-state index in [4.69, 9.17) is 10.5 Å². The molecule has 0 atom stereocenters. The van der Waals surface area contributed by atoms with Gasteiger partial charge in [0.15, 0.2) is 69.8 Å². The lowest BCUT2D eigenvalue weighted by Crippen LogP contribution is -2.81. The molecular weight excluding hydrogens is 983 g/mol. The minimum absolute atomic E-state index is 0.0128. The lowest BCUT2D eigenvalue weighted by molar-refractivity contribution is 0.378. The number of halogens is 20. The average molecular weight is 1000 g/mol. The van der Waals surface area contributed by atoms with E-state index >= 15 is 35.1 Å². The minimum Gasteiger partial charge on any atom is -0.207 e. The monoisotopic (exact) mass is 1000 g/mol. The minimum atomic E-state index is -7.22. The highest BCUT2D eigenvalue weighted by Gasteiger charge is 2.52. The number of benzene rings is 6. The molecule has 0 N–H and O–H groups in total. The Morgan fingerprint density at radius 1 is 0.382 bits per heavy atom. The number of nitriles is 2. The summed E-state index contributed by atoms with van der Waals surface area (Å²) in [6.45, 7) is 0. The molecule has 0 heterocycles. The van der Waals surface area contributed by atoms with E-state index in [1.807, 2.05) is 72.8 Å². The third-order valence-corrected chi connectivity index (χ3v) is 12.6. The first-order valence-corrected chi connectivity index (χ1v) is 20.2. The van der Waals surface area contributed by atoms with Gasteiger partial charge in [-0.1, -0.05) is 60.7 Å². The number of hydrogen-bond donors (Lipinski definition) is 0. The number of hydrogen-bond acceptors (Lipinski definition) is 3. The van der Waals surface area contributed by atoms with Crippen LogP contribution in [0.1, 0.15) is 11.1 Å². The molecule has 25 heteroatoms. The SMILES string of the molecule is Fc1c(F)c(F)c([B-](c2c(F)c(F)c(F)c(F)c2F)(c2c(F)c(F)c(F)c(F)c2F)c2c(F)c(F)c(F)c(F)c2F)c(F)c1F.N#CC(C#N)=CC[S+](=O)(Cc1ccccc1)Cc1ccccc1. The maximum absolute atomic E-state index is 15.4. The molecule has 0 aliphatic carbocycles. The number of rotatable bonds is 10. The zero-order chi connectivity index (χ0) is 50.9. The van der Waals surface area contributed by atoms with E-state index in [2.05, 4.69) is 0 Å². The highest BCUT2D eigenvalue weighted by atomic mass is 32.2. The molecule has 0 amide bonds. The Bertz CT molecular complexity index is 2710. The van der Waals surface area contributed by atoms with Gasteiger partial charge >= 0.3 is 0 Å². The maximum atomic E-state index is 15.4. The van der Waals surface area contributed by atoms with Gasteiger partial charge in [-0.3, -0.25) is 0 Å². The molecule has 0 aromatic heterocycles. The summed E-state index contributed by atoms with van der Waals surface area (Å²) in [5.74, 6) is -70.3. The molecule has 0 unspecified atom stereocenters. The van der Waals surface area contributed by atoms with Crippen molar-refractivity contribution >= 4 is 37.9 Å². The van der Waals surface area contributed by atoms with Crippen molar-refractivity contribution in [1.29, 1.82) is 10.5 Å². The quantitative estimate of drug-likeness (QED) is 0.0343. The molecule has 3 nitrogen and oxygen atoms in total. The molecular formula is C43H17BF20N2OS. The fraction of sp³-hybridized carbons (Fsp3) is 0.0698. The lowest BCUT2D eigenvalue weighted by atomic mass is 9.12. The molecule has 0 saturated heterocycles. The molecule has 0 radical (unpaired) electrons. The first-order chi connectivity index (χ1) is 31.9. The lowest BCUT2D eigenvalue weighted by Gasteiger charge is -2.44. The summed E-state index contributed by atoms with van der Waals surface area (Å²) < 4.78 is 307. The largest absolute Gasteiger partial charge is 0.207 e. The third kappa shape index (κ3) is 8.89. The number of nitrogens with zero attached hydrogens (tertiary/aromatic N) is 2. The standard InChI is InChI=1S/C24BF20.C19H17N2OS/c26-5-1(6(27)14(35)21(42)13(5)34)25(2-7(28)15(36)22(43)16(37)8(2)29,3-9(30)17(38)23(44)18(39)10(3)31)4-11(32)19(40)24(45)20(41)12(4)33;20-13-19(14-21)11-12-23(22,15-17-7-3-1-4-8-17)16-18-9-5-2-6-10-18/h;1-11H,12,15-16H2/q-1;+1. The Kier molecular flexibility index (Phi) is 15.2. The van der Waals surface area contributed by atoms with Crippen LogP contribution in [0.15, 0.2) is 72.3 Å². The Labute approximate surface area is 369 Å². The Morgan fingerprint density at radius 3 is 0.794 bits per heavy atom. The summed E-state index contributed by atoms with van der Waals surface area (Å²) in [4.78, 5) is 0. The molecule has 0 saturated carbocycles. The van der Waals surface area contributed by atoms with Crippen molar-refractivity contribution in [2.45, 2.75) is 11.5 Å². The zero-order valence-electron chi connectivity index (χ0n) is 32.8. The molecule has 0 aliphatic heterocycles. The molecule has 68 heavy (non-hydrogen) atoms. The maximum Gasteiger partial charge on any atom is 0.200 e. The van der Waals surface area contributed by atoms with Crippen molar-refractivity contribution < 1.29 is 92.0 Å². The van der Waals surface area contributed by atoms with Crippen LogP contribution < -0.4 is 21.9 Å². The van der Waals surface area contributed by atoms with Gasteiger partial charge in [0.25, 0.3) is 0 Å². The predicted octanol–water partition coefficient (Wildman–Crippen LogP) is 9.71. The number of allylic oxidation sites excluding steroid dienone is 1. The molecule has 354 valence electrons. The van der Waals surface area contributed by atoms with Crippen LogP contribution in [0.5, 0.6) is 0 Å². The first kappa shape index (κ1) is 51.8.